The predicted molar refractivity (Wildman–Crippen MR) is 51.6 cm³/mol. The largest absolute Gasteiger partial charge is 0.399 e. The zero-order valence-corrected chi connectivity index (χ0v) is 7.25. The molecule has 0 aliphatic rings. The quantitative estimate of drug-likeness (QED) is 0.559. The van der Waals surface area contributed by atoms with Crippen LogP contribution in [0.4, 0.5) is 5.69 Å². The summed E-state index contributed by atoms with van der Waals surface area (Å²) in [6.07, 6.45) is 0. The zero-order valence-electron chi connectivity index (χ0n) is 7.25. The van der Waals surface area contributed by atoms with Crippen molar-refractivity contribution in [2.75, 3.05) is 12.3 Å². The van der Waals surface area contributed by atoms with Crippen LogP contribution in [-0.2, 0) is 0 Å². The molecule has 12 heavy (non-hydrogen) atoms. The second-order valence-corrected chi connectivity index (χ2v) is 2.90. The monoisotopic (exact) mass is 165 g/mol. The van der Waals surface area contributed by atoms with Crippen molar-refractivity contribution in [2.45, 2.75) is 13.0 Å². The van der Waals surface area contributed by atoms with Gasteiger partial charge in [-0.3, -0.25) is 0 Å². The van der Waals surface area contributed by atoms with Crippen LogP contribution in [0.2, 0.25) is 0 Å². The third kappa shape index (κ3) is 1.57. The molecule has 3 nitrogen and oxygen atoms in total. The van der Waals surface area contributed by atoms with Crippen LogP contribution in [0.5, 0.6) is 0 Å². The predicted octanol–water partition coefficient (Wildman–Crippen LogP) is 0.536. The van der Waals surface area contributed by atoms with Crippen LogP contribution >= 0.6 is 0 Å². The van der Waals surface area contributed by atoms with Gasteiger partial charge in [0.25, 0.3) is 0 Å². The molecule has 1 aromatic carbocycles. The van der Waals surface area contributed by atoms with Gasteiger partial charge in [-0.05, 0) is 24.1 Å². The second-order valence-electron chi connectivity index (χ2n) is 2.90. The maximum atomic E-state index is 5.78. The van der Waals surface area contributed by atoms with Crippen molar-refractivity contribution >= 4 is 5.69 Å². The van der Waals surface area contributed by atoms with E-state index in [0.717, 1.165) is 16.8 Å². The highest BCUT2D eigenvalue weighted by Crippen LogP contribution is 2.19. The SMILES string of the molecule is Cc1c(N)cccc1[C@H](N)CN. The molecule has 66 valence electrons. The molecule has 1 atom stereocenters. The number of nitrogen functional groups attached to an aromatic ring is 1. The minimum Gasteiger partial charge on any atom is -0.399 e. The smallest absolute Gasteiger partial charge is 0.0422 e. The van der Waals surface area contributed by atoms with Crippen LogP contribution in [0.1, 0.15) is 17.2 Å². The minimum atomic E-state index is -0.103. The first-order valence-electron chi connectivity index (χ1n) is 3.97. The lowest BCUT2D eigenvalue weighted by Crippen LogP contribution is -2.21. The molecule has 0 radical (unpaired) electrons. The standard InChI is InChI=1S/C9H15N3/c1-6-7(9(12)5-10)3-2-4-8(6)11/h2-4,9H,5,10-12H2,1H3/t9-/m1/s1. The van der Waals surface area contributed by atoms with Crippen molar-refractivity contribution < 1.29 is 0 Å². The molecule has 0 amide bonds. The fourth-order valence-electron chi connectivity index (χ4n) is 1.20. The molecule has 3 heteroatoms. The highest BCUT2D eigenvalue weighted by atomic mass is 14.7. The third-order valence-electron chi connectivity index (χ3n) is 2.07. The van der Waals surface area contributed by atoms with E-state index in [2.05, 4.69) is 0 Å². The first-order valence-corrected chi connectivity index (χ1v) is 3.97. The Morgan fingerprint density at radius 3 is 2.67 bits per heavy atom. The summed E-state index contributed by atoms with van der Waals surface area (Å²) in [5.74, 6) is 0. The Morgan fingerprint density at radius 2 is 2.08 bits per heavy atom. The molecule has 0 heterocycles. The van der Waals surface area contributed by atoms with Gasteiger partial charge >= 0.3 is 0 Å². The summed E-state index contributed by atoms with van der Waals surface area (Å²) in [5.41, 5.74) is 19.8. The van der Waals surface area contributed by atoms with Crippen molar-refractivity contribution in [3.05, 3.63) is 29.3 Å². The van der Waals surface area contributed by atoms with Gasteiger partial charge in [0.15, 0.2) is 0 Å². The van der Waals surface area contributed by atoms with Gasteiger partial charge in [0.1, 0.15) is 0 Å². The molecule has 0 spiro atoms. The summed E-state index contributed by atoms with van der Waals surface area (Å²) >= 11 is 0. The van der Waals surface area contributed by atoms with Crippen LogP contribution in [-0.4, -0.2) is 6.54 Å². The molecule has 1 rings (SSSR count). The van der Waals surface area contributed by atoms with Crippen LogP contribution in [0.25, 0.3) is 0 Å². The van der Waals surface area contributed by atoms with E-state index in [1.54, 1.807) is 0 Å². The average Bonchev–Trinajstić information content (AvgIpc) is 2.08. The lowest BCUT2D eigenvalue weighted by atomic mass is 10.0. The van der Waals surface area contributed by atoms with E-state index in [9.17, 15) is 0 Å². The number of hydrogen-bond acceptors (Lipinski definition) is 3. The van der Waals surface area contributed by atoms with Crippen LogP contribution in [0.15, 0.2) is 18.2 Å². The molecule has 0 fully saturated rings. The Bertz CT molecular complexity index is 270. The molecule has 0 unspecified atom stereocenters. The van der Waals surface area contributed by atoms with Gasteiger partial charge in [0, 0.05) is 18.3 Å². The minimum absolute atomic E-state index is 0.103. The fraction of sp³-hybridized carbons (Fsp3) is 0.333. The summed E-state index contributed by atoms with van der Waals surface area (Å²) in [7, 11) is 0. The molecule has 6 N–H and O–H groups in total. The summed E-state index contributed by atoms with van der Waals surface area (Å²) in [4.78, 5) is 0. The van der Waals surface area contributed by atoms with E-state index >= 15 is 0 Å². The van der Waals surface area contributed by atoms with Gasteiger partial charge in [-0.15, -0.1) is 0 Å². The maximum Gasteiger partial charge on any atom is 0.0422 e. The van der Waals surface area contributed by atoms with Crippen molar-refractivity contribution in [1.29, 1.82) is 0 Å². The summed E-state index contributed by atoms with van der Waals surface area (Å²) in [6.45, 7) is 2.41. The lowest BCUT2D eigenvalue weighted by molar-refractivity contribution is 0.732. The molecule has 0 aliphatic carbocycles. The maximum absolute atomic E-state index is 5.78. The number of nitrogens with two attached hydrogens (primary N) is 3. The Hall–Kier alpha value is -1.06. The molecule has 0 saturated carbocycles. The van der Waals surface area contributed by atoms with E-state index in [1.165, 1.54) is 0 Å². The molecule has 0 saturated heterocycles. The van der Waals surface area contributed by atoms with Crippen LogP contribution < -0.4 is 17.2 Å². The number of hydrogen-bond donors (Lipinski definition) is 3. The Labute approximate surface area is 72.5 Å². The fourth-order valence-corrected chi connectivity index (χ4v) is 1.20. The number of anilines is 1. The molecular weight excluding hydrogens is 150 g/mol. The van der Waals surface area contributed by atoms with Gasteiger partial charge < -0.3 is 17.2 Å². The van der Waals surface area contributed by atoms with Gasteiger partial charge in [-0.2, -0.15) is 0 Å². The van der Waals surface area contributed by atoms with Gasteiger partial charge in [0.05, 0.1) is 0 Å². The van der Waals surface area contributed by atoms with Crippen molar-refractivity contribution in [1.82, 2.24) is 0 Å². The van der Waals surface area contributed by atoms with Crippen LogP contribution in [0, 0.1) is 6.92 Å². The summed E-state index contributed by atoms with van der Waals surface area (Å²) in [5, 5.41) is 0. The van der Waals surface area contributed by atoms with E-state index in [0.29, 0.717) is 6.54 Å². The van der Waals surface area contributed by atoms with Gasteiger partial charge in [-0.25, -0.2) is 0 Å². The third-order valence-corrected chi connectivity index (χ3v) is 2.07. The Kier molecular flexibility index (Phi) is 2.68. The normalized spacial score (nSPS) is 12.9. The number of rotatable bonds is 2. The zero-order chi connectivity index (χ0) is 9.14. The van der Waals surface area contributed by atoms with Gasteiger partial charge in [-0.1, -0.05) is 12.1 Å². The van der Waals surface area contributed by atoms with Crippen molar-refractivity contribution in [3.63, 3.8) is 0 Å². The first kappa shape index (κ1) is 9.03. The average molecular weight is 165 g/mol. The highest BCUT2D eigenvalue weighted by molar-refractivity contribution is 5.50. The summed E-state index contributed by atoms with van der Waals surface area (Å²) < 4.78 is 0. The molecular formula is C9H15N3. The van der Waals surface area contributed by atoms with Crippen LogP contribution in [0.3, 0.4) is 0 Å². The van der Waals surface area contributed by atoms with Crippen molar-refractivity contribution in [3.8, 4) is 0 Å². The topological polar surface area (TPSA) is 78.1 Å². The van der Waals surface area contributed by atoms with E-state index < -0.39 is 0 Å². The van der Waals surface area contributed by atoms with E-state index in [1.807, 2.05) is 25.1 Å². The summed E-state index contributed by atoms with van der Waals surface area (Å²) in [6, 6.07) is 5.62. The molecule has 0 bridgehead atoms. The lowest BCUT2D eigenvalue weighted by Gasteiger charge is -2.13. The Morgan fingerprint density at radius 1 is 1.42 bits per heavy atom. The number of benzene rings is 1. The van der Waals surface area contributed by atoms with E-state index in [-0.39, 0.29) is 6.04 Å². The first-order chi connectivity index (χ1) is 5.66. The highest BCUT2D eigenvalue weighted by Gasteiger charge is 2.07. The molecule has 1 aromatic rings. The molecule has 0 aliphatic heterocycles. The Balaban J connectivity index is 3.07. The second kappa shape index (κ2) is 3.56. The van der Waals surface area contributed by atoms with Crippen molar-refractivity contribution in [2.24, 2.45) is 11.5 Å². The van der Waals surface area contributed by atoms with E-state index in [4.69, 9.17) is 17.2 Å². The molecule has 0 aromatic heterocycles. The van der Waals surface area contributed by atoms with Gasteiger partial charge in [0.2, 0.25) is 0 Å².